The molecule has 2 aliphatic heterocycles. The summed E-state index contributed by atoms with van der Waals surface area (Å²) in [6.07, 6.45) is 3.27. The molecule has 0 aromatic carbocycles. The Morgan fingerprint density at radius 3 is 3.00 bits per heavy atom. The molecule has 2 saturated heterocycles. The number of nitrogens with zero attached hydrogens (tertiary/aromatic N) is 1. The molecular formula is C12H20N2O3. The Morgan fingerprint density at radius 2 is 2.35 bits per heavy atom. The highest BCUT2D eigenvalue weighted by atomic mass is 16.5. The molecule has 0 aromatic rings. The van der Waals surface area contributed by atoms with Crippen LogP contribution in [0.25, 0.3) is 0 Å². The van der Waals surface area contributed by atoms with Gasteiger partial charge in [-0.3, -0.25) is 9.59 Å². The third kappa shape index (κ3) is 2.97. The lowest BCUT2D eigenvalue weighted by Gasteiger charge is -2.33. The molecule has 2 rings (SSSR count). The maximum absolute atomic E-state index is 12.2. The van der Waals surface area contributed by atoms with Gasteiger partial charge in [0.15, 0.2) is 0 Å². The van der Waals surface area contributed by atoms with Crippen molar-refractivity contribution in [2.45, 2.75) is 31.7 Å². The van der Waals surface area contributed by atoms with Crippen LogP contribution < -0.4 is 5.32 Å². The van der Waals surface area contributed by atoms with Gasteiger partial charge in [0, 0.05) is 26.6 Å². The summed E-state index contributed by atoms with van der Waals surface area (Å²) in [5.41, 5.74) is 0. The van der Waals surface area contributed by atoms with Gasteiger partial charge in [-0.1, -0.05) is 0 Å². The first-order chi connectivity index (χ1) is 8.20. The van der Waals surface area contributed by atoms with Crippen LogP contribution in [-0.2, 0) is 14.3 Å². The zero-order chi connectivity index (χ0) is 12.3. The highest BCUT2D eigenvalue weighted by Crippen LogP contribution is 2.19. The molecule has 0 aromatic heterocycles. The SMILES string of the molecule is COCC1CCCN(C(=O)C2CCC(=O)N2)C1. The fourth-order valence-electron chi connectivity index (χ4n) is 2.66. The maximum Gasteiger partial charge on any atom is 0.245 e. The van der Waals surface area contributed by atoms with Gasteiger partial charge in [-0.2, -0.15) is 0 Å². The van der Waals surface area contributed by atoms with Crippen molar-refractivity contribution in [1.82, 2.24) is 10.2 Å². The molecular weight excluding hydrogens is 220 g/mol. The Hall–Kier alpha value is -1.10. The van der Waals surface area contributed by atoms with E-state index < -0.39 is 0 Å². The summed E-state index contributed by atoms with van der Waals surface area (Å²) in [6.45, 7) is 2.28. The summed E-state index contributed by atoms with van der Waals surface area (Å²) in [4.78, 5) is 25.2. The molecule has 5 nitrogen and oxygen atoms in total. The second-order valence-electron chi connectivity index (χ2n) is 4.91. The van der Waals surface area contributed by atoms with Crippen LogP contribution in [0.15, 0.2) is 0 Å². The molecule has 5 heteroatoms. The fourth-order valence-corrected chi connectivity index (χ4v) is 2.66. The number of carbonyl (C=O) groups is 2. The third-order valence-electron chi connectivity index (χ3n) is 3.53. The molecule has 0 radical (unpaired) electrons. The van der Waals surface area contributed by atoms with Gasteiger partial charge in [-0.25, -0.2) is 0 Å². The predicted molar refractivity (Wildman–Crippen MR) is 62.3 cm³/mol. The summed E-state index contributed by atoms with van der Waals surface area (Å²) in [6, 6.07) is -0.288. The largest absolute Gasteiger partial charge is 0.384 e. The van der Waals surface area contributed by atoms with E-state index in [0.717, 1.165) is 25.9 Å². The Morgan fingerprint density at radius 1 is 1.53 bits per heavy atom. The van der Waals surface area contributed by atoms with Gasteiger partial charge >= 0.3 is 0 Å². The van der Waals surface area contributed by atoms with Crippen LogP contribution in [0.4, 0.5) is 0 Å². The molecule has 96 valence electrons. The van der Waals surface area contributed by atoms with Crippen molar-refractivity contribution in [3.8, 4) is 0 Å². The van der Waals surface area contributed by atoms with E-state index in [-0.39, 0.29) is 17.9 Å². The van der Waals surface area contributed by atoms with E-state index in [4.69, 9.17) is 4.74 Å². The van der Waals surface area contributed by atoms with E-state index in [2.05, 4.69) is 5.32 Å². The van der Waals surface area contributed by atoms with Crippen molar-refractivity contribution >= 4 is 11.8 Å². The summed E-state index contributed by atoms with van der Waals surface area (Å²) in [5, 5.41) is 2.74. The fraction of sp³-hybridized carbons (Fsp3) is 0.833. The first-order valence-corrected chi connectivity index (χ1v) is 6.28. The average molecular weight is 240 g/mol. The first-order valence-electron chi connectivity index (χ1n) is 6.28. The second kappa shape index (κ2) is 5.49. The molecule has 2 atom stereocenters. The number of ether oxygens (including phenoxy) is 1. The van der Waals surface area contributed by atoms with Crippen LogP contribution in [0.1, 0.15) is 25.7 Å². The van der Waals surface area contributed by atoms with Crippen LogP contribution in [-0.4, -0.2) is 49.6 Å². The van der Waals surface area contributed by atoms with E-state index in [1.165, 1.54) is 0 Å². The Kier molecular flexibility index (Phi) is 3.99. The van der Waals surface area contributed by atoms with Crippen LogP contribution in [0.5, 0.6) is 0 Å². The van der Waals surface area contributed by atoms with Gasteiger partial charge in [0.05, 0.1) is 6.61 Å². The lowest BCUT2D eigenvalue weighted by molar-refractivity contribution is -0.136. The minimum Gasteiger partial charge on any atom is -0.384 e. The van der Waals surface area contributed by atoms with Crippen molar-refractivity contribution in [1.29, 1.82) is 0 Å². The Balaban J connectivity index is 1.88. The van der Waals surface area contributed by atoms with Gasteiger partial charge < -0.3 is 15.0 Å². The molecule has 0 spiro atoms. The van der Waals surface area contributed by atoms with Crippen molar-refractivity contribution in [2.75, 3.05) is 26.8 Å². The smallest absolute Gasteiger partial charge is 0.245 e. The minimum atomic E-state index is -0.288. The molecule has 1 N–H and O–H groups in total. The van der Waals surface area contributed by atoms with Crippen molar-refractivity contribution < 1.29 is 14.3 Å². The topological polar surface area (TPSA) is 58.6 Å². The zero-order valence-electron chi connectivity index (χ0n) is 10.3. The van der Waals surface area contributed by atoms with Crippen LogP contribution >= 0.6 is 0 Å². The summed E-state index contributed by atoms with van der Waals surface area (Å²) >= 11 is 0. The van der Waals surface area contributed by atoms with E-state index in [0.29, 0.717) is 25.4 Å². The molecule has 2 fully saturated rings. The normalized spacial score (nSPS) is 29.2. The third-order valence-corrected chi connectivity index (χ3v) is 3.53. The highest BCUT2D eigenvalue weighted by molar-refractivity contribution is 5.90. The molecule has 2 unspecified atom stereocenters. The standard InChI is InChI=1S/C12H20N2O3/c1-17-8-9-3-2-6-14(7-9)12(16)10-4-5-11(15)13-10/h9-10H,2-8H2,1H3,(H,13,15). The molecule has 2 aliphatic rings. The predicted octanol–water partition coefficient (Wildman–Crippen LogP) is 0.150. The van der Waals surface area contributed by atoms with Gasteiger partial charge in [0.1, 0.15) is 6.04 Å². The number of carbonyl (C=O) groups excluding carboxylic acids is 2. The number of rotatable bonds is 3. The summed E-state index contributed by atoms with van der Waals surface area (Å²) < 4.78 is 5.14. The maximum atomic E-state index is 12.2. The van der Waals surface area contributed by atoms with Crippen LogP contribution in [0.2, 0.25) is 0 Å². The van der Waals surface area contributed by atoms with Gasteiger partial charge in [-0.15, -0.1) is 0 Å². The summed E-state index contributed by atoms with van der Waals surface area (Å²) in [5.74, 6) is 0.514. The molecule has 0 bridgehead atoms. The number of nitrogens with one attached hydrogen (secondary N) is 1. The Bertz CT molecular complexity index is 304. The van der Waals surface area contributed by atoms with E-state index >= 15 is 0 Å². The number of hydrogen-bond donors (Lipinski definition) is 1. The van der Waals surface area contributed by atoms with Crippen molar-refractivity contribution in [2.24, 2.45) is 5.92 Å². The number of hydrogen-bond acceptors (Lipinski definition) is 3. The van der Waals surface area contributed by atoms with Crippen LogP contribution in [0, 0.1) is 5.92 Å². The van der Waals surface area contributed by atoms with Gasteiger partial charge in [0.2, 0.25) is 11.8 Å². The number of likely N-dealkylation sites (tertiary alicyclic amines) is 1. The van der Waals surface area contributed by atoms with Crippen molar-refractivity contribution in [3.63, 3.8) is 0 Å². The van der Waals surface area contributed by atoms with E-state index in [1.807, 2.05) is 4.90 Å². The minimum absolute atomic E-state index is 0.00574. The number of amides is 2. The first kappa shape index (κ1) is 12.4. The lowest BCUT2D eigenvalue weighted by atomic mass is 9.98. The molecule has 0 saturated carbocycles. The van der Waals surface area contributed by atoms with E-state index in [9.17, 15) is 9.59 Å². The molecule has 17 heavy (non-hydrogen) atoms. The second-order valence-corrected chi connectivity index (χ2v) is 4.91. The molecule has 2 amide bonds. The monoisotopic (exact) mass is 240 g/mol. The number of piperidine rings is 1. The highest BCUT2D eigenvalue weighted by Gasteiger charge is 2.32. The van der Waals surface area contributed by atoms with Gasteiger partial charge in [0.25, 0.3) is 0 Å². The Labute approximate surface area is 101 Å². The molecule has 0 aliphatic carbocycles. The van der Waals surface area contributed by atoms with Crippen molar-refractivity contribution in [3.05, 3.63) is 0 Å². The lowest BCUT2D eigenvalue weighted by Crippen LogP contribution is -2.48. The zero-order valence-corrected chi connectivity index (χ0v) is 10.3. The average Bonchev–Trinajstić information content (AvgIpc) is 2.76. The van der Waals surface area contributed by atoms with Gasteiger partial charge in [-0.05, 0) is 25.2 Å². The van der Waals surface area contributed by atoms with Crippen LogP contribution in [0.3, 0.4) is 0 Å². The molecule has 2 heterocycles. The van der Waals surface area contributed by atoms with E-state index in [1.54, 1.807) is 7.11 Å². The summed E-state index contributed by atoms with van der Waals surface area (Å²) in [7, 11) is 1.69. The number of methoxy groups -OCH3 is 1. The quantitative estimate of drug-likeness (QED) is 0.764.